The second-order valence-electron chi connectivity index (χ2n) is 7.09. The molecule has 4 amide bonds. The zero-order valence-electron chi connectivity index (χ0n) is 17.2. The van der Waals surface area contributed by atoms with Crippen molar-refractivity contribution in [3.8, 4) is 0 Å². The largest absolute Gasteiger partial charge is 0.394 e. The van der Waals surface area contributed by atoms with Crippen molar-refractivity contribution in [2.75, 3.05) is 20.2 Å². The number of nitrogens with two attached hydrogens (primary N) is 1. The molecule has 0 heterocycles. The topological polar surface area (TPSA) is 163 Å². The summed E-state index contributed by atoms with van der Waals surface area (Å²) in [4.78, 5) is 48.3. The summed E-state index contributed by atoms with van der Waals surface area (Å²) in [7, 11) is 1.49. The Labute approximate surface area is 166 Å². The molecular weight excluding hydrogens is 366 g/mol. The first kappa shape index (κ1) is 25.8. The number of rotatable bonds is 13. The molecule has 28 heavy (non-hydrogen) atoms. The molecule has 0 rings (SSSR count). The SMILES string of the molecule is CNC(=O)[C@H](CC(C)C)NC(=O)[C@H](CCCCN)NC(=O)[C@H](CO)NC(C)=O. The molecule has 162 valence electrons. The van der Waals surface area contributed by atoms with Crippen molar-refractivity contribution < 1.29 is 24.3 Å². The first-order chi connectivity index (χ1) is 13.2. The summed E-state index contributed by atoms with van der Waals surface area (Å²) in [5.74, 6) is -1.80. The number of unbranched alkanes of at least 4 members (excludes halogenated alkanes) is 1. The molecule has 7 N–H and O–H groups in total. The van der Waals surface area contributed by atoms with Gasteiger partial charge in [-0.2, -0.15) is 0 Å². The van der Waals surface area contributed by atoms with E-state index in [0.29, 0.717) is 32.2 Å². The Morgan fingerprint density at radius 1 is 0.893 bits per heavy atom. The van der Waals surface area contributed by atoms with Crippen molar-refractivity contribution in [1.82, 2.24) is 21.3 Å². The van der Waals surface area contributed by atoms with E-state index in [4.69, 9.17) is 5.73 Å². The summed E-state index contributed by atoms with van der Waals surface area (Å²) in [6.45, 7) is 4.93. The van der Waals surface area contributed by atoms with Crippen LogP contribution in [0.5, 0.6) is 0 Å². The summed E-state index contributed by atoms with van der Waals surface area (Å²) in [6, 6.07) is -2.80. The molecule has 0 fully saturated rings. The predicted molar refractivity (Wildman–Crippen MR) is 105 cm³/mol. The number of carbonyl (C=O) groups excluding carboxylic acids is 4. The minimum Gasteiger partial charge on any atom is -0.394 e. The molecule has 0 unspecified atom stereocenters. The molecule has 0 aromatic rings. The molecule has 0 radical (unpaired) electrons. The summed E-state index contributed by atoms with van der Waals surface area (Å²) >= 11 is 0. The second-order valence-corrected chi connectivity index (χ2v) is 7.09. The Morgan fingerprint density at radius 2 is 1.46 bits per heavy atom. The van der Waals surface area contributed by atoms with Crippen LogP contribution >= 0.6 is 0 Å². The molecular formula is C18H35N5O5. The number of amides is 4. The number of likely N-dealkylation sites (N-methyl/N-ethyl adjacent to an activating group) is 1. The Balaban J connectivity index is 5.22. The maximum absolute atomic E-state index is 12.7. The molecule has 10 nitrogen and oxygen atoms in total. The third kappa shape index (κ3) is 10.2. The molecule has 0 aliphatic carbocycles. The van der Waals surface area contributed by atoms with Crippen molar-refractivity contribution in [3.63, 3.8) is 0 Å². The van der Waals surface area contributed by atoms with Crippen LogP contribution in [0.2, 0.25) is 0 Å². The monoisotopic (exact) mass is 401 g/mol. The number of hydrogen-bond donors (Lipinski definition) is 6. The smallest absolute Gasteiger partial charge is 0.245 e. The highest BCUT2D eigenvalue weighted by molar-refractivity contribution is 5.94. The molecule has 0 aliphatic rings. The van der Waals surface area contributed by atoms with E-state index in [0.717, 1.165) is 0 Å². The van der Waals surface area contributed by atoms with Gasteiger partial charge in [0.15, 0.2) is 0 Å². The number of carbonyl (C=O) groups is 4. The van der Waals surface area contributed by atoms with Gasteiger partial charge < -0.3 is 32.1 Å². The van der Waals surface area contributed by atoms with E-state index in [9.17, 15) is 24.3 Å². The van der Waals surface area contributed by atoms with Gasteiger partial charge in [0.1, 0.15) is 18.1 Å². The Morgan fingerprint density at radius 3 is 1.93 bits per heavy atom. The number of aliphatic hydroxyl groups is 1. The van der Waals surface area contributed by atoms with E-state index in [1.807, 2.05) is 13.8 Å². The molecule has 3 atom stereocenters. The van der Waals surface area contributed by atoms with Crippen LogP contribution < -0.4 is 27.0 Å². The molecule has 0 saturated carbocycles. The number of aliphatic hydroxyl groups excluding tert-OH is 1. The number of hydrogen-bond acceptors (Lipinski definition) is 6. The van der Waals surface area contributed by atoms with E-state index >= 15 is 0 Å². The fraction of sp³-hybridized carbons (Fsp3) is 0.778. The van der Waals surface area contributed by atoms with Gasteiger partial charge in [0.25, 0.3) is 0 Å². The third-order valence-electron chi connectivity index (χ3n) is 4.04. The van der Waals surface area contributed by atoms with Crippen molar-refractivity contribution in [2.45, 2.75) is 64.6 Å². The first-order valence-corrected chi connectivity index (χ1v) is 9.56. The van der Waals surface area contributed by atoms with Crippen LogP contribution in [0.3, 0.4) is 0 Å². The molecule has 0 saturated heterocycles. The summed E-state index contributed by atoms with van der Waals surface area (Å²) in [6.07, 6.45) is 2.02. The minimum absolute atomic E-state index is 0.173. The zero-order chi connectivity index (χ0) is 21.7. The Hall–Kier alpha value is -2.20. The lowest BCUT2D eigenvalue weighted by Crippen LogP contribution is -2.57. The van der Waals surface area contributed by atoms with Crippen LogP contribution in [0.1, 0.15) is 46.5 Å². The lowest BCUT2D eigenvalue weighted by molar-refractivity contribution is -0.134. The van der Waals surface area contributed by atoms with Crippen LogP contribution in [0, 0.1) is 5.92 Å². The molecule has 10 heteroatoms. The van der Waals surface area contributed by atoms with E-state index < -0.39 is 42.5 Å². The zero-order valence-corrected chi connectivity index (χ0v) is 17.2. The van der Waals surface area contributed by atoms with Gasteiger partial charge in [-0.25, -0.2) is 0 Å². The van der Waals surface area contributed by atoms with Gasteiger partial charge in [0.2, 0.25) is 23.6 Å². The van der Waals surface area contributed by atoms with Gasteiger partial charge >= 0.3 is 0 Å². The summed E-state index contributed by atoms with van der Waals surface area (Å²) < 4.78 is 0. The van der Waals surface area contributed by atoms with E-state index in [1.165, 1.54) is 14.0 Å². The van der Waals surface area contributed by atoms with Crippen LogP contribution in [-0.4, -0.2) is 67.1 Å². The molecule has 0 bridgehead atoms. The fourth-order valence-corrected chi connectivity index (χ4v) is 2.62. The molecule has 0 aromatic heterocycles. The minimum atomic E-state index is -1.16. The van der Waals surface area contributed by atoms with Gasteiger partial charge in [-0.3, -0.25) is 19.2 Å². The standard InChI is InChI=1S/C18H35N5O5/c1-11(2)9-14(16(26)20-4)23-17(27)13(7-5-6-8-19)22-18(28)15(10-24)21-12(3)25/h11,13-15,24H,5-10,19H2,1-4H3,(H,20,26)(H,21,25)(H,22,28)(H,23,27)/t13-,14-,15-/m0/s1. The number of nitrogens with one attached hydrogen (secondary N) is 4. The highest BCUT2D eigenvalue weighted by Crippen LogP contribution is 2.07. The Kier molecular flexibility index (Phi) is 12.8. The fourth-order valence-electron chi connectivity index (χ4n) is 2.62. The third-order valence-corrected chi connectivity index (χ3v) is 4.04. The van der Waals surface area contributed by atoms with Crippen molar-refractivity contribution in [2.24, 2.45) is 11.7 Å². The van der Waals surface area contributed by atoms with Gasteiger partial charge in [-0.05, 0) is 38.1 Å². The first-order valence-electron chi connectivity index (χ1n) is 9.56. The lowest BCUT2D eigenvalue weighted by Gasteiger charge is -2.25. The summed E-state index contributed by atoms with van der Waals surface area (Å²) in [5.41, 5.74) is 5.49. The highest BCUT2D eigenvalue weighted by Gasteiger charge is 2.28. The van der Waals surface area contributed by atoms with Crippen LogP contribution in [0.25, 0.3) is 0 Å². The van der Waals surface area contributed by atoms with Crippen molar-refractivity contribution in [3.05, 3.63) is 0 Å². The van der Waals surface area contributed by atoms with Crippen molar-refractivity contribution in [1.29, 1.82) is 0 Å². The second kappa shape index (κ2) is 13.9. The average Bonchev–Trinajstić information content (AvgIpc) is 2.63. The normalized spacial score (nSPS) is 14.0. The average molecular weight is 402 g/mol. The van der Waals surface area contributed by atoms with Crippen molar-refractivity contribution >= 4 is 23.6 Å². The van der Waals surface area contributed by atoms with Gasteiger partial charge in [-0.1, -0.05) is 13.8 Å². The summed E-state index contributed by atoms with van der Waals surface area (Å²) in [5, 5.41) is 19.4. The molecule has 0 aliphatic heterocycles. The quantitative estimate of drug-likeness (QED) is 0.203. The maximum Gasteiger partial charge on any atom is 0.245 e. The predicted octanol–water partition coefficient (Wildman–Crippen LogP) is -1.63. The lowest BCUT2D eigenvalue weighted by atomic mass is 10.0. The molecule has 0 spiro atoms. The Bertz CT molecular complexity index is 526. The highest BCUT2D eigenvalue weighted by atomic mass is 16.3. The van der Waals surface area contributed by atoms with Gasteiger partial charge in [-0.15, -0.1) is 0 Å². The van der Waals surface area contributed by atoms with Crippen LogP contribution in [0.4, 0.5) is 0 Å². The maximum atomic E-state index is 12.7. The van der Waals surface area contributed by atoms with Crippen LogP contribution in [-0.2, 0) is 19.2 Å². The van der Waals surface area contributed by atoms with E-state index in [2.05, 4.69) is 21.3 Å². The van der Waals surface area contributed by atoms with Gasteiger partial charge in [0.05, 0.1) is 6.61 Å². The molecule has 0 aromatic carbocycles. The van der Waals surface area contributed by atoms with E-state index in [1.54, 1.807) is 0 Å². The van der Waals surface area contributed by atoms with E-state index in [-0.39, 0.29) is 11.8 Å². The van der Waals surface area contributed by atoms with Crippen LogP contribution in [0.15, 0.2) is 0 Å². The van der Waals surface area contributed by atoms with Gasteiger partial charge in [0, 0.05) is 14.0 Å².